The third-order valence-electron chi connectivity index (χ3n) is 12.9. The first-order valence-corrected chi connectivity index (χ1v) is 24.2. The molecule has 0 saturated heterocycles. The second-order valence-corrected chi connectivity index (χ2v) is 18.1. The maximum atomic E-state index is 11.9. The van der Waals surface area contributed by atoms with Crippen LogP contribution >= 0.6 is 0 Å². The van der Waals surface area contributed by atoms with Crippen LogP contribution in [-0.2, 0) is 0 Å². The average molecular weight is 1090 g/mol. The number of nitrogens with zero attached hydrogens (tertiary/aromatic N) is 9. The third-order valence-corrected chi connectivity index (χ3v) is 12.9. The van der Waals surface area contributed by atoms with Crippen LogP contribution in [0.5, 0.6) is 34.9 Å². The first kappa shape index (κ1) is 58.2. The number of rotatable bonds is 9. The van der Waals surface area contributed by atoms with Crippen molar-refractivity contribution in [3.8, 4) is 68.3 Å². The van der Waals surface area contributed by atoms with Gasteiger partial charge in [0.2, 0.25) is 34.8 Å². The van der Waals surface area contributed by atoms with Gasteiger partial charge in [-0.3, -0.25) is 14.4 Å². The first-order valence-electron chi connectivity index (χ1n) is 24.2. The van der Waals surface area contributed by atoms with Crippen LogP contribution in [0.4, 0.5) is 0 Å². The van der Waals surface area contributed by atoms with Crippen molar-refractivity contribution >= 4 is 33.3 Å². The van der Waals surface area contributed by atoms with Gasteiger partial charge in [0.15, 0.2) is 0 Å². The van der Waals surface area contributed by atoms with Crippen molar-refractivity contribution < 1.29 is 27.5 Å². The lowest BCUT2D eigenvalue weighted by atomic mass is 9.96. The van der Waals surface area contributed by atoms with Crippen LogP contribution < -0.4 is 30.9 Å². The summed E-state index contributed by atoms with van der Waals surface area (Å²) in [6, 6.07) is 22.3. The van der Waals surface area contributed by atoms with Crippen molar-refractivity contribution in [2.24, 2.45) is 0 Å². The molecule has 12 rings (SSSR count). The summed E-state index contributed by atoms with van der Waals surface area (Å²) in [5.74, 6) is 3.21. The number of ether oxygens (including phenoxy) is 3. The van der Waals surface area contributed by atoms with E-state index >= 15 is 0 Å². The minimum atomic E-state index is -0.186. The van der Waals surface area contributed by atoms with Gasteiger partial charge in [0, 0.05) is 33.4 Å². The number of hydrogen-bond acceptors (Lipinski definition) is 18. The monoisotopic (exact) mass is 1090 g/mol. The molecule has 0 radical (unpaired) electrons. The first-order chi connectivity index (χ1) is 37.6. The summed E-state index contributed by atoms with van der Waals surface area (Å²) in [6.45, 7) is 16.9. The highest BCUT2D eigenvalue weighted by Gasteiger charge is 2.18. The van der Waals surface area contributed by atoms with Gasteiger partial charge in [-0.25, -0.2) is 45.2 Å². The van der Waals surface area contributed by atoms with Gasteiger partial charge in [0.1, 0.15) is 52.4 Å². The number of fused-ring (bicyclic) bond motifs is 3. The molecule has 0 aliphatic heterocycles. The molecule has 0 fully saturated rings. The van der Waals surface area contributed by atoms with E-state index in [-0.39, 0.29) is 39.0 Å². The molecule has 3 N–H and O–H groups in total. The molecule has 9 aromatic heterocycles. The Hall–Kier alpha value is -10.4. The van der Waals surface area contributed by atoms with Crippen LogP contribution in [0, 0.1) is 62.3 Å². The zero-order chi connectivity index (χ0) is 54.8. The van der Waals surface area contributed by atoms with Crippen molar-refractivity contribution in [2.45, 2.75) is 84.6 Å². The number of hydrogen-bond donors (Lipinski definition) is 3. The van der Waals surface area contributed by atoms with Gasteiger partial charge in [-0.15, -0.1) is 0 Å². The Morgan fingerprint density at radius 3 is 0.901 bits per heavy atom. The summed E-state index contributed by atoms with van der Waals surface area (Å²) < 4.78 is 33.5. The zero-order valence-corrected chi connectivity index (χ0v) is 43.6. The van der Waals surface area contributed by atoms with E-state index in [0.29, 0.717) is 84.9 Å². The Bertz CT molecular complexity index is 3980. The lowest BCUT2D eigenvalue weighted by Crippen LogP contribution is -2.14. The molecule has 0 atom stereocenters. The highest BCUT2D eigenvalue weighted by atomic mass is 16.5. The molecule has 3 aromatic carbocycles. The highest BCUT2D eigenvalue weighted by molar-refractivity contribution is 5.81. The Morgan fingerprint density at radius 1 is 0.370 bits per heavy atom. The second kappa shape index (κ2) is 24.5. The summed E-state index contributed by atoms with van der Waals surface area (Å²) in [5.41, 5.74) is 13.4. The molecule has 9 heterocycles. The Morgan fingerprint density at radius 2 is 0.642 bits per heavy atom. The number of nitrogens with one attached hydrogen (secondary N) is 3. The molecule has 81 heavy (non-hydrogen) atoms. The van der Waals surface area contributed by atoms with Gasteiger partial charge in [0.25, 0.3) is 16.7 Å². The number of furan rings is 3. The second-order valence-electron chi connectivity index (χ2n) is 18.1. The fraction of sp³-hybridized carbons (Fsp3) is 0.200. The summed E-state index contributed by atoms with van der Waals surface area (Å²) in [4.78, 5) is 60.4. The van der Waals surface area contributed by atoms with Gasteiger partial charge >= 0.3 is 0 Å². The molecule has 21 heteroatoms. The number of H-pyrrole nitrogens is 3. The van der Waals surface area contributed by atoms with Crippen LogP contribution in [0.25, 0.3) is 66.7 Å². The number of benzene rings is 3. The van der Waals surface area contributed by atoms with Crippen LogP contribution in [0.1, 0.15) is 72.7 Å². The summed E-state index contributed by atoms with van der Waals surface area (Å²) in [6.07, 6.45) is 8.84. The van der Waals surface area contributed by atoms with E-state index in [1.54, 1.807) is 57.8 Å². The Balaban J connectivity index is 0.000000172. The fourth-order valence-electron chi connectivity index (χ4n) is 8.99. The lowest BCUT2D eigenvalue weighted by Gasteiger charge is -2.13. The lowest BCUT2D eigenvalue weighted by molar-refractivity contribution is 0.466. The van der Waals surface area contributed by atoms with E-state index in [1.807, 2.05) is 96.1 Å². The van der Waals surface area contributed by atoms with Gasteiger partial charge in [-0.05, 0) is 150 Å². The topological polar surface area (TPSA) is 282 Å². The molecule has 21 nitrogen and oxygen atoms in total. The van der Waals surface area contributed by atoms with Gasteiger partial charge < -0.3 is 27.5 Å². The normalized spacial score (nSPS) is 10.6. The molecular weight excluding hydrogens is 1030 g/mol. The molecule has 0 spiro atoms. The van der Waals surface area contributed by atoms with Crippen molar-refractivity contribution in [3.05, 3.63) is 192 Å². The van der Waals surface area contributed by atoms with Crippen LogP contribution in [0.2, 0.25) is 0 Å². The summed E-state index contributed by atoms with van der Waals surface area (Å²) in [7, 11) is 0. The van der Waals surface area contributed by atoms with E-state index in [1.165, 1.54) is 19.0 Å². The van der Waals surface area contributed by atoms with E-state index in [2.05, 4.69) is 60.5 Å². The largest absolute Gasteiger partial charge is 0.446 e. The molecule has 0 aliphatic rings. The Kier molecular flexibility index (Phi) is 17.6. The SMILES string of the molecule is C.C.C.Cc1cc(Oc2ncnc3occc23)ccc1-c1c(C)n[nH]c(=O)c1C.Cc1cc(Oc2ncnc3occc23)ccc1-c1c(C)n[nH]c(=O)c1C.Cc1cc(Oc2ncnc3occc23)ccc1-c1c(C)n[nH]c(=O)c1C. The van der Waals surface area contributed by atoms with E-state index in [9.17, 15) is 14.4 Å². The van der Waals surface area contributed by atoms with Gasteiger partial charge in [0.05, 0.1) is 35.9 Å². The Labute approximate surface area is 464 Å². The molecule has 414 valence electrons. The highest BCUT2D eigenvalue weighted by Crippen LogP contribution is 2.36. The molecule has 0 aliphatic carbocycles. The number of aryl methyl sites for hydroxylation is 6. The van der Waals surface area contributed by atoms with E-state index < -0.39 is 0 Å². The van der Waals surface area contributed by atoms with Crippen molar-refractivity contribution in [1.29, 1.82) is 0 Å². The quantitative estimate of drug-likeness (QED) is 0.121. The minimum Gasteiger partial charge on any atom is -0.446 e. The maximum absolute atomic E-state index is 11.9. The average Bonchev–Trinajstić information content (AvgIpc) is 4.26. The van der Waals surface area contributed by atoms with E-state index in [0.717, 1.165) is 67.2 Å². The molecule has 0 bridgehead atoms. The van der Waals surface area contributed by atoms with Crippen LogP contribution in [-0.4, -0.2) is 60.5 Å². The molecule has 12 aromatic rings. The molecule has 0 unspecified atom stereocenters. The molecule has 0 amide bonds. The summed E-state index contributed by atoms with van der Waals surface area (Å²) >= 11 is 0. The van der Waals surface area contributed by atoms with E-state index in [4.69, 9.17) is 27.5 Å². The third kappa shape index (κ3) is 11.9. The smallest absolute Gasteiger partial charge is 0.267 e. The zero-order valence-electron chi connectivity index (χ0n) is 43.6. The molecular formula is C60H60N12O9. The molecule has 0 saturated carbocycles. The predicted molar refractivity (Wildman–Crippen MR) is 309 cm³/mol. The standard InChI is InChI=1S/3C19H16N4O3.3CH4/c3*1-10-8-13(26-19-15-6-7-25-18(15)20-9-21-19)4-5-14(10)16-11(2)17(24)23-22-12(16)3;;;/h3*4-9H,1-3H3,(H,23,24);3*1H4. The maximum Gasteiger partial charge on any atom is 0.267 e. The fourth-order valence-corrected chi connectivity index (χ4v) is 8.99. The van der Waals surface area contributed by atoms with Crippen LogP contribution in [0.15, 0.2) is 138 Å². The van der Waals surface area contributed by atoms with Crippen molar-refractivity contribution in [2.75, 3.05) is 0 Å². The number of aromatic nitrogens is 12. The predicted octanol–water partition coefficient (Wildman–Crippen LogP) is 13.0. The minimum absolute atomic E-state index is 0. The van der Waals surface area contributed by atoms with Gasteiger partial charge in [-0.1, -0.05) is 40.5 Å². The van der Waals surface area contributed by atoms with Crippen molar-refractivity contribution in [1.82, 2.24) is 60.5 Å². The van der Waals surface area contributed by atoms with Crippen molar-refractivity contribution in [3.63, 3.8) is 0 Å². The summed E-state index contributed by atoms with van der Waals surface area (Å²) in [5, 5.41) is 21.9. The van der Waals surface area contributed by atoms with Gasteiger partial charge in [-0.2, -0.15) is 15.3 Å². The van der Waals surface area contributed by atoms with Crippen LogP contribution in [0.3, 0.4) is 0 Å². The number of aromatic amines is 3.